The summed E-state index contributed by atoms with van der Waals surface area (Å²) in [4.78, 5) is 4.85. The molecule has 2 saturated carbocycles. The molecule has 2 fully saturated rings. The maximum atomic E-state index is 5.80. The summed E-state index contributed by atoms with van der Waals surface area (Å²) in [5, 5.41) is 4.85. The molecule has 4 heteroatoms. The molecule has 1 spiro atoms. The summed E-state index contributed by atoms with van der Waals surface area (Å²) in [5.41, 5.74) is 0.764. The maximum Gasteiger partial charge on any atom is 0.156 e. The van der Waals surface area contributed by atoms with Gasteiger partial charge in [-0.1, -0.05) is 38.5 Å². The van der Waals surface area contributed by atoms with Gasteiger partial charge in [0.05, 0.1) is 6.10 Å². The van der Waals surface area contributed by atoms with Crippen molar-refractivity contribution in [2.75, 3.05) is 18.9 Å². The molecule has 0 aromatic carbocycles. The monoisotopic (exact) mass is 296 g/mol. The van der Waals surface area contributed by atoms with Crippen molar-refractivity contribution < 1.29 is 4.74 Å². The second kappa shape index (κ2) is 5.53. The molecule has 1 N–H and O–H groups in total. The summed E-state index contributed by atoms with van der Waals surface area (Å²) in [6.07, 6.45) is 7.11. The standard InChI is InChI=1S/C16H28N2OS/c1-4-19-13-9-12(15(13,2)3)18-14-17-10-16(11-20-14)7-5-6-8-16/h12-13H,4-11H2,1-3H3,(H,17,18). The lowest BCUT2D eigenvalue weighted by atomic mass is 9.64. The molecule has 3 aliphatic rings. The largest absolute Gasteiger partial charge is 0.378 e. The van der Waals surface area contributed by atoms with Crippen molar-refractivity contribution in [3.63, 3.8) is 0 Å². The van der Waals surface area contributed by atoms with Crippen LogP contribution in [0.1, 0.15) is 52.9 Å². The normalized spacial score (nSPS) is 34.6. The number of hydrogen-bond acceptors (Lipinski definition) is 4. The Balaban J connectivity index is 1.54. The second-order valence-corrected chi connectivity index (χ2v) is 8.28. The van der Waals surface area contributed by atoms with Crippen molar-refractivity contribution in [2.45, 2.75) is 65.0 Å². The summed E-state index contributed by atoms with van der Waals surface area (Å²) in [6, 6.07) is 0.517. The number of nitrogens with one attached hydrogen (secondary N) is 1. The van der Waals surface area contributed by atoms with Gasteiger partial charge in [-0.25, -0.2) is 0 Å². The van der Waals surface area contributed by atoms with Crippen LogP contribution in [0.2, 0.25) is 0 Å². The highest BCUT2D eigenvalue weighted by Gasteiger charge is 2.49. The van der Waals surface area contributed by atoms with Crippen LogP contribution in [0.5, 0.6) is 0 Å². The van der Waals surface area contributed by atoms with E-state index in [1.54, 1.807) is 0 Å². The van der Waals surface area contributed by atoms with E-state index in [1.807, 2.05) is 11.8 Å². The number of aliphatic imine (C=N–C) groups is 1. The van der Waals surface area contributed by atoms with Gasteiger partial charge in [0.15, 0.2) is 5.17 Å². The SMILES string of the molecule is CCOC1CC(NC2=NCC3(CCCC3)CS2)C1(C)C. The Labute approximate surface area is 127 Å². The van der Waals surface area contributed by atoms with Gasteiger partial charge in [0.2, 0.25) is 0 Å². The zero-order valence-electron chi connectivity index (χ0n) is 13.1. The molecule has 0 saturated heterocycles. The van der Waals surface area contributed by atoms with Crippen LogP contribution in [0.4, 0.5) is 0 Å². The average molecular weight is 296 g/mol. The van der Waals surface area contributed by atoms with Crippen molar-refractivity contribution >= 4 is 16.9 Å². The number of amidine groups is 1. The van der Waals surface area contributed by atoms with Gasteiger partial charge < -0.3 is 10.1 Å². The van der Waals surface area contributed by atoms with Gasteiger partial charge >= 0.3 is 0 Å². The minimum Gasteiger partial charge on any atom is -0.378 e. The smallest absolute Gasteiger partial charge is 0.156 e. The number of thioether (sulfide) groups is 1. The Morgan fingerprint density at radius 2 is 2.10 bits per heavy atom. The van der Waals surface area contributed by atoms with Crippen LogP contribution in [0.25, 0.3) is 0 Å². The van der Waals surface area contributed by atoms with Crippen LogP contribution >= 0.6 is 11.8 Å². The van der Waals surface area contributed by atoms with Gasteiger partial charge in [-0.05, 0) is 31.6 Å². The van der Waals surface area contributed by atoms with E-state index in [2.05, 4.69) is 26.1 Å². The molecule has 2 unspecified atom stereocenters. The molecular formula is C16H28N2OS. The Kier molecular flexibility index (Phi) is 4.06. The Morgan fingerprint density at radius 1 is 1.35 bits per heavy atom. The first-order valence-corrected chi connectivity index (χ1v) is 9.10. The lowest BCUT2D eigenvalue weighted by Crippen LogP contribution is -2.62. The quantitative estimate of drug-likeness (QED) is 0.866. The average Bonchev–Trinajstić information content (AvgIpc) is 2.88. The van der Waals surface area contributed by atoms with Gasteiger partial charge in [-0.3, -0.25) is 4.99 Å². The Morgan fingerprint density at radius 3 is 2.65 bits per heavy atom. The van der Waals surface area contributed by atoms with Crippen LogP contribution in [0.3, 0.4) is 0 Å². The molecule has 0 amide bonds. The van der Waals surface area contributed by atoms with E-state index in [1.165, 1.54) is 36.6 Å². The minimum atomic E-state index is 0.224. The molecule has 1 aliphatic heterocycles. The van der Waals surface area contributed by atoms with Crippen LogP contribution in [0, 0.1) is 10.8 Å². The highest BCUT2D eigenvalue weighted by molar-refractivity contribution is 8.13. The van der Waals surface area contributed by atoms with E-state index < -0.39 is 0 Å². The molecule has 2 atom stereocenters. The number of ether oxygens (including phenoxy) is 1. The van der Waals surface area contributed by atoms with E-state index in [0.717, 1.165) is 19.6 Å². The fourth-order valence-corrected chi connectivity index (χ4v) is 5.03. The Bertz CT molecular complexity index is 388. The van der Waals surface area contributed by atoms with E-state index in [4.69, 9.17) is 9.73 Å². The van der Waals surface area contributed by atoms with Crippen molar-refractivity contribution in [1.29, 1.82) is 0 Å². The third kappa shape index (κ3) is 2.61. The number of nitrogens with zero attached hydrogens (tertiary/aromatic N) is 1. The summed E-state index contributed by atoms with van der Waals surface area (Å²) < 4.78 is 5.80. The van der Waals surface area contributed by atoms with E-state index >= 15 is 0 Å². The predicted molar refractivity (Wildman–Crippen MR) is 86.4 cm³/mol. The zero-order chi connectivity index (χ0) is 14.2. The maximum absolute atomic E-state index is 5.80. The fraction of sp³-hybridized carbons (Fsp3) is 0.938. The molecule has 0 radical (unpaired) electrons. The molecule has 0 aromatic heterocycles. The van der Waals surface area contributed by atoms with E-state index in [9.17, 15) is 0 Å². The summed E-state index contributed by atoms with van der Waals surface area (Å²) in [6.45, 7) is 8.56. The topological polar surface area (TPSA) is 33.6 Å². The number of hydrogen-bond donors (Lipinski definition) is 1. The van der Waals surface area contributed by atoms with Gasteiger partial charge in [0, 0.05) is 30.4 Å². The van der Waals surface area contributed by atoms with Crippen molar-refractivity contribution in [1.82, 2.24) is 5.32 Å². The molecule has 20 heavy (non-hydrogen) atoms. The molecule has 3 rings (SSSR count). The third-order valence-electron chi connectivity index (χ3n) is 5.58. The fourth-order valence-electron chi connectivity index (χ4n) is 3.83. The van der Waals surface area contributed by atoms with Gasteiger partial charge in [-0.15, -0.1) is 0 Å². The highest BCUT2D eigenvalue weighted by Crippen LogP contribution is 2.45. The summed E-state index contributed by atoms with van der Waals surface area (Å²) >= 11 is 1.95. The third-order valence-corrected chi connectivity index (χ3v) is 6.86. The van der Waals surface area contributed by atoms with Crippen molar-refractivity contribution in [3.05, 3.63) is 0 Å². The van der Waals surface area contributed by atoms with Crippen LogP contribution < -0.4 is 5.32 Å². The molecule has 0 bridgehead atoms. The first kappa shape index (κ1) is 14.7. The molecule has 114 valence electrons. The second-order valence-electron chi connectivity index (χ2n) is 7.32. The molecular weight excluding hydrogens is 268 g/mol. The highest BCUT2D eigenvalue weighted by atomic mass is 32.2. The summed E-state index contributed by atoms with van der Waals surface area (Å²) in [5.74, 6) is 1.26. The van der Waals surface area contributed by atoms with E-state index in [-0.39, 0.29) is 5.41 Å². The zero-order valence-corrected chi connectivity index (χ0v) is 13.9. The summed E-state index contributed by atoms with van der Waals surface area (Å²) in [7, 11) is 0. The molecule has 3 nitrogen and oxygen atoms in total. The first-order chi connectivity index (χ1) is 9.56. The lowest BCUT2D eigenvalue weighted by molar-refractivity contribution is -0.109. The van der Waals surface area contributed by atoms with Gasteiger partial charge in [0.25, 0.3) is 0 Å². The van der Waals surface area contributed by atoms with Gasteiger partial charge in [-0.2, -0.15) is 0 Å². The Hall–Kier alpha value is -0.220. The van der Waals surface area contributed by atoms with Crippen LogP contribution in [0.15, 0.2) is 4.99 Å². The van der Waals surface area contributed by atoms with Crippen LogP contribution in [-0.2, 0) is 4.74 Å². The van der Waals surface area contributed by atoms with Crippen molar-refractivity contribution in [3.8, 4) is 0 Å². The minimum absolute atomic E-state index is 0.224. The first-order valence-electron chi connectivity index (χ1n) is 8.11. The number of rotatable bonds is 3. The molecule has 0 aromatic rings. The van der Waals surface area contributed by atoms with Crippen LogP contribution in [-0.4, -0.2) is 36.2 Å². The lowest BCUT2D eigenvalue weighted by Gasteiger charge is -2.52. The predicted octanol–water partition coefficient (Wildman–Crippen LogP) is 3.44. The van der Waals surface area contributed by atoms with Crippen molar-refractivity contribution in [2.24, 2.45) is 15.8 Å². The molecule has 2 aliphatic carbocycles. The van der Waals surface area contributed by atoms with Gasteiger partial charge in [0.1, 0.15) is 0 Å². The van der Waals surface area contributed by atoms with E-state index in [0.29, 0.717) is 17.6 Å². The molecule has 1 heterocycles.